The molecule has 2 amide bonds. The summed E-state index contributed by atoms with van der Waals surface area (Å²) in [5, 5.41) is 31.7. The van der Waals surface area contributed by atoms with E-state index in [2.05, 4.69) is 25.8 Å². The zero-order valence-corrected chi connectivity index (χ0v) is 27.2. The third-order valence-electron chi connectivity index (χ3n) is 7.93. The second-order valence-electron chi connectivity index (χ2n) is 11.7. The van der Waals surface area contributed by atoms with Crippen LogP contribution in [0.15, 0.2) is 66.1 Å². The van der Waals surface area contributed by atoms with Crippen LogP contribution in [0.1, 0.15) is 31.9 Å². The van der Waals surface area contributed by atoms with E-state index < -0.39 is 54.8 Å². The molecular formula is C34H43N5O8. The van der Waals surface area contributed by atoms with Gasteiger partial charge in [0, 0.05) is 54.2 Å². The van der Waals surface area contributed by atoms with E-state index in [1.807, 2.05) is 62.4 Å². The van der Waals surface area contributed by atoms with Crippen LogP contribution in [-0.2, 0) is 41.5 Å². The summed E-state index contributed by atoms with van der Waals surface area (Å²) in [5.41, 5.74) is 3.36. The highest BCUT2D eigenvalue weighted by Gasteiger charge is 2.31. The Morgan fingerprint density at radius 1 is 0.830 bits per heavy atom. The molecule has 0 saturated heterocycles. The third kappa shape index (κ3) is 8.76. The van der Waals surface area contributed by atoms with Gasteiger partial charge in [-0.25, -0.2) is 4.79 Å². The summed E-state index contributed by atoms with van der Waals surface area (Å²) < 4.78 is 10.5. The normalized spacial score (nSPS) is 15.2. The number of aromatic nitrogens is 2. The molecule has 0 saturated carbocycles. The van der Waals surface area contributed by atoms with Crippen LogP contribution < -0.4 is 10.6 Å². The van der Waals surface area contributed by atoms with Gasteiger partial charge in [0.1, 0.15) is 30.0 Å². The molecule has 5 atom stereocenters. The van der Waals surface area contributed by atoms with Gasteiger partial charge in [-0.2, -0.15) is 0 Å². The smallest absolute Gasteiger partial charge is 0.328 e. The molecule has 47 heavy (non-hydrogen) atoms. The molecular weight excluding hydrogens is 606 g/mol. The number of hydrogen-bond donors (Lipinski definition) is 6. The van der Waals surface area contributed by atoms with Crippen LogP contribution >= 0.6 is 0 Å². The van der Waals surface area contributed by atoms with Crippen molar-refractivity contribution in [3.63, 3.8) is 0 Å². The lowest BCUT2D eigenvalue weighted by atomic mass is 9.96. The molecule has 0 aliphatic carbocycles. The van der Waals surface area contributed by atoms with E-state index in [4.69, 9.17) is 14.3 Å². The largest absolute Gasteiger partial charge is 0.467 e. The first-order chi connectivity index (χ1) is 22.5. The number of hydrogen-bond acceptors (Lipinski definition) is 9. The van der Waals surface area contributed by atoms with Crippen LogP contribution in [-0.4, -0.2) is 94.9 Å². The number of fused-ring (bicyclic) bond motifs is 2. The van der Waals surface area contributed by atoms with Crippen molar-refractivity contribution in [3.05, 3.63) is 72.1 Å². The minimum absolute atomic E-state index is 0.0246. The third-order valence-corrected chi connectivity index (χ3v) is 7.93. The van der Waals surface area contributed by atoms with Gasteiger partial charge >= 0.3 is 5.97 Å². The summed E-state index contributed by atoms with van der Waals surface area (Å²) in [6.07, 6.45) is 0.553. The van der Waals surface area contributed by atoms with E-state index in [-0.39, 0.29) is 24.5 Å². The first-order valence-electron chi connectivity index (χ1n) is 15.4. The predicted molar refractivity (Wildman–Crippen MR) is 177 cm³/mol. The number of ether oxygens (including phenoxy) is 2. The average molecular weight is 650 g/mol. The number of aromatic amines is 2. The number of carbonyl (C=O) groups is 3. The Morgan fingerprint density at radius 2 is 1.38 bits per heavy atom. The highest BCUT2D eigenvalue weighted by molar-refractivity contribution is 5.94. The Hall–Kier alpha value is -4.72. The average Bonchev–Trinajstić information content (AvgIpc) is 3.66. The summed E-state index contributed by atoms with van der Waals surface area (Å²) in [6.45, 7) is 4.49. The molecule has 0 fully saturated rings. The van der Waals surface area contributed by atoms with Crippen LogP contribution in [0.25, 0.3) is 21.8 Å². The highest BCUT2D eigenvalue weighted by Crippen LogP contribution is 2.21. The Labute approximate surface area is 272 Å². The maximum absolute atomic E-state index is 13.8. The number of nitrogens with one attached hydrogen (secondary N) is 4. The van der Waals surface area contributed by atoms with E-state index in [0.717, 1.165) is 32.9 Å². The van der Waals surface area contributed by atoms with Crippen molar-refractivity contribution in [1.29, 1.82) is 0 Å². The van der Waals surface area contributed by atoms with Crippen LogP contribution in [0.3, 0.4) is 0 Å². The zero-order valence-electron chi connectivity index (χ0n) is 27.2. The van der Waals surface area contributed by atoms with Crippen molar-refractivity contribution in [2.24, 2.45) is 11.1 Å². The first-order valence-corrected chi connectivity index (χ1v) is 15.4. The van der Waals surface area contributed by atoms with Gasteiger partial charge in [-0.3, -0.25) is 9.59 Å². The number of para-hydroxylation sites is 2. The van der Waals surface area contributed by atoms with E-state index >= 15 is 0 Å². The maximum Gasteiger partial charge on any atom is 0.328 e. The molecule has 4 aromatic rings. The number of oxime groups is 1. The molecule has 2 heterocycles. The van der Waals surface area contributed by atoms with Crippen LogP contribution in [0.5, 0.6) is 0 Å². The Bertz CT molecular complexity index is 1690. The van der Waals surface area contributed by atoms with E-state index in [9.17, 15) is 24.6 Å². The molecule has 0 radical (unpaired) electrons. The van der Waals surface area contributed by atoms with Gasteiger partial charge < -0.3 is 45.1 Å². The fraction of sp³-hybridized carbons (Fsp3) is 0.412. The van der Waals surface area contributed by atoms with Crippen LogP contribution in [0.2, 0.25) is 0 Å². The Kier molecular flexibility index (Phi) is 12.1. The predicted octanol–water partition coefficient (Wildman–Crippen LogP) is 2.36. The lowest BCUT2D eigenvalue weighted by molar-refractivity contribution is -0.145. The van der Waals surface area contributed by atoms with Crippen molar-refractivity contribution in [2.75, 3.05) is 20.8 Å². The molecule has 13 nitrogen and oxygen atoms in total. The number of rotatable bonds is 16. The fourth-order valence-electron chi connectivity index (χ4n) is 5.52. The molecule has 0 spiro atoms. The molecule has 0 aliphatic rings. The lowest BCUT2D eigenvalue weighted by Crippen LogP contribution is -2.53. The van der Waals surface area contributed by atoms with E-state index in [0.29, 0.717) is 0 Å². The van der Waals surface area contributed by atoms with E-state index in [1.165, 1.54) is 21.1 Å². The number of esters is 1. The van der Waals surface area contributed by atoms with Crippen molar-refractivity contribution in [1.82, 2.24) is 20.6 Å². The fourth-order valence-corrected chi connectivity index (χ4v) is 5.52. The summed E-state index contributed by atoms with van der Waals surface area (Å²) in [5.74, 6) is -2.04. The molecule has 0 aliphatic heterocycles. The number of H-pyrrole nitrogens is 2. The van der Waals surface area contributed by atoms with E-state index in [1.54, 1.807) is 12.4 Å². The maximum atomic E-state index is 13.8. The number of benzene rings is 2. The summed E-state index contributed by atoms with van der Waals surface area (Å²) in [7, 11) is 2.69. The number of aliphatic hydroxyl groups is 2. The number of carbonyl (C=O) groups excluding carboxylic acids is 3. The summed E-state index contributed by atoms with van der Waals surface area (Å²) >= 11 is 0. The van der Waals surface area contributed by atoms with Gasteiger partial charge in [-0.15, -0.1) is 0 Å². The monoisotopic (exact) mass is 649 g/mol. The summed E-state index contributed by atoms with van der Waals surface area (Å²) in [4.78, 5) is 51.5. The molecule has 6 N–H and O–H groups in total. The van der Waals surface area contributed by atoms with Crippen LogP contribution in [0, 0.1) is 5.92 Å². The van der Waals surface area contributed by atoms with Crippen molar-refractivity contribution in [2.45, 2.75) is 64.0 Å². The number of nitrogens with zero attached hydrogens (tertiary/aromatic N) is 1. The topological polar surface area (TPSA) is 187 Å². The van der Waals surface area contributed by atoms with Crippen molar-refractivity contribution < 1.29 is 38.9 Å². The van der Waals surface area contributed by atoms with Gasteiger partial charge in [0.2, 0.25) is 5.91 Å². The quantitative estimate of drug-likeness (QED) is 0.0606. The van der Waals surface area contributed by atoms with Gasteiger partial charge in [0.25, 0.3) is 5.91 Å². The minimum atomic E-state index is -1.39. The highest BCUT2D eigenvalue weighted by atomic mass is 16.6. The molecule has 13 heteroatoms. The second-order valence-corrected chi connectivity index (χ2v) is 11.7. The van der Waals surface area contributed by atoms with Gasteiger partial charge in [0.05, 0.1) is 13.2 Å². The molecule has 2 aromatic heterocycles. The molecule has 4 rings (SSSR count). The van der Waals surface area contributed by atoms with Crippen molar-refractivity contribution in [3.8, 4) is 0 Å². The number of aliphatic hydroxyl groups excluding tert-OH is 2. The van der Waals surface area contributed by atoms with Crippen LogP contribution in [0.4, 0.5) is 0 Å². The van der Waals surface area contributed by atoms with Gasteiger partial charge in [0.15, 0.2) is 6.61 Å². The van der Waals surface area contributed by atoms with Gasteiger partial charge in [-0.05, 0) is 36.1 Å². The molecule has 2 aromatic carbocycles. The standard InChI is InChI=1S/C34H43N5O8/c1-19(2)32(45-4)30(31(42)20(3)40)39-47-18-29(41)37-27(14-21-16-35-25-12-8-6-10-23(21)25)33(43)38-28(34(44)46-5)15-22-17-36-26-13-9-7-11-24(22)26/h6-13,16-17,19-20,27-28,31-32,35-36,40,42H,14-15,18H2,1-5H3,(H,37,41)(H,38,43)/b39-30+/t20-,27+,28+,31+,32+/m1/s1. The zero-order chi connectivity index (χ0) is 34.1. The first kappa shape index (κ1) is 35.1. The minimum Gasteiger partial charge on any atom is -0.467 e. The van der Waals surface area contributed by atoms with Gasteiger partial charge in [-0.1, -0.05) is 55.4 Å². The summed E-state index contributed by atoms with van der Waals surface area (Å²) in [6, 6.07) is 13.0. The molecule has 0 bridgehead atoms. The lowest BCUT2D eigenvalue weighted by Gasteiger charge is -2.25. The second kappa shape index (κ2) is 16.2. The number of methoxy groups -OCH3 is 2. The van der Waals surface area contributed by atoms with Crippen molar-refractivity contribution >= 4 is 45.3 Å². The molecule has 252 valence electrons. The number of amides is 2. The Morgan fingerprint density at radius 3 is 1.89 bits per heavy atom. The SMILES string of the molecule is COC(=O)[C@H](Cc1c[nH]c2ccccc12)NC(=O)[C@H](Cc1c[nH]c2ccccc12)NC(=O)CO/N=C(/[C@@H](OC)C(C)C)[C@@H](O)[C@@H](C)O. The molecule has 0 unspecified atom stereocenters. The Balaban J connectivity index is 1.55.